The molecular formula is C16H22N2O2. The number of hydrogen-bond donors (Lipinski definition) is 0. The molecule has 0 N–H and O–H groups in total. The van der Waals surface area contributed by atoms with Gasteiger partial charge >= 0.3 is 0 Å². The Labute approximate surface area is 120 Å². The summed E-state index contributed by atoms with van der Waals surface area (Å²) >= 11 is 0. The molecule has 0 heterocycles. The van der Waals surface area contributed by atoms with E-state index in [1.165, 1.54) is 12.8 Å². The van der Waals surface area contributed by atoms with Crippen LogP contribution in [0.1, 0.15) is 18.4 Å². The fraction of sp³-hybridized carbons (Fsp3) is 0.562. The molecule has 0 amide bonds. The summed E-state index contributed by atoms with van der Waals surface area (Å²) in [5.41, 5.74) is 0.629. The summed E-state index contributed by atoms with van der Waals surface area (Å²) in [5, 5.41) is 8.81. The number of ether oxygens (including phenoxy) is 2. The molecule has 0 unspecified atom stereocenters. The van der Waals surface area contributed by atoms with Gasteiger partial charge in [-0.15, -0.1) is 0 Å². The lowest BCUT2D eigenvalue weighted by Crippen LogP contribution is -2.28. The summed E-state index contributed by atoms with van der Waals surface area (Å²) in [6.07, 6.45) is 2.68. The van der Waals surface area contributed by atoms with Gasteiger partial charge < -0.3 is 14.4 Å². The third kappa shape index (κ3) is 5.60. The Morgan fingerprint density at radius 3 is 2.85 bits per heavy atom. The van der Waals surface area contributed by atoms with Crippen LogP contribution in [0.2, 0.25) is 0 Å². The van der Waals surface area contributed by atoms with Crippen molar-refractivity contribution in [2.45, 2.75) is 12.8 Å². The average molecular weight is 274 g/mol. The van der Waals surface area contributed by atoms with Crippen molar-refractivity contribution < 1.29 is 9.47 Å². The van der Waals surface area contributed by atoms with E-state index < -0.39 is 0 Å². The van der Waals surface area contributed by atoms with Crippen LogP contribution in [0.5, 0.6) is 5.75 Å². The predicted octanol–water partition coefficient (Wildman–Crippen LogP) is 2.30. The zero-order chi connectivity index (χ0) is 14.2. The van der Waals surface area contributed by atoms with Gasteiger partial charge in [0.25, 0.3) is 0 Å². The third-order valence-electron chi connectivity index (χ3n) is 3.37. The summed E-state index contributed by atoms with van der Waals surface area (Å²) < 4.78 is 11.2. The molecular weight excluding hydrogens is 252 g/mol. The van der Waals surface area contributed by atoms with Gasteiger partial charge in [-0.3, -0.25) is 0 Å². The number of nitrogens with zero attached hydrogens (tertiary/aromatic N) is 2. The monoisotopic (exact) mass is 274 g/mol. The van der Waals surface area contributed by atoms with E-state index in [4.69, 9.17) is 14.7 Å². The molecule has 2 rings (SSSR count). The normalized spacial score (nSPS) is 14.2. The van der Waals surface area contributed by atoms with Crippen molar-refractivity contribution in [2.24, 2.45) is 5.92 Å². The molecule has 0 atom stereocenters. The minimum atomic E-state index is 0.619. The van der Waals surface area contributed by atoms with Crippen molar-refractivity contribution in [1.29, 1.82) is 5.26 Å². The molecule has 0 radical (unpaired) electrons. The van der Waals surface area contributed by atoms with Crippen molar-refractivity contribution in [3.05, 3.63) is 29.8 Å². The second-order valence-corrected chi connectivity index (χ2v) is 5.31. The van der Waals surface area contributed by atoms with Gasteiger partial charge in [0.15, 0.2) is 0 Å². The van der Waals surface area contributed by atoms with Crippen LogP contribution >= 0.6 is 0 Å². The topological polar surface area (TPSA) is 45.5 Å². The fourth-order valence-electron chi connectivity index (χ4n) is 1.84. The first-order valence-electron chi connectivity index (χ1n) is 7.17. The molecule has 1 saturated carbocycles. The number of rotatable bonds is 9. The molecule has 0 aromatic heterocycles. The van der Waals surface area contributed by atoms with Crippen LogP contribution in [0.4, 0.5) is 0 Å². The van der Waals surface area contributed by atoms with Gasteiger partial charge in [-0.25, -0.2) is 0 Å². The van der Waals surface area contributed by atoms with E-state index in [1.807, 2.05) is 12.1 Å². The van der Waals surface area contributed by atoms with Gasteiger partial charge in [-0.05, 0) is 44.0 Å². The molecule has 20 heavy (non-hydrogen) atoms. The number of likely N-dealkylation sites (N-methyl/N-ethyl adjacent to an activating group) is 1. The van der Waals surface area contributed by atoms with Gasteiger partial charge in [-0.2, -0.15) is 5.26 Å². The number of nitriles is 1. The Bertz CT molecular complexity index is 452. The van der Waals surface area contributed by atoms with E-state index in [-0.39, 0.29) is 0 Å². The summed E-state index contributed by atoms with van der Waals surface area (Å²) in [6.45, 7) is 4.11. The van der Waals surface area contributed by atoms with Crippen LogP contribution in [0, 0.1) is 17.2 Å². The van der Waals surface area contributed by atoms with E-state index in [1.54, 1.807) is 12.1 Å². The highest BCUT2D eigenvalue weighted by molar-refractivity contribution is 5.36. The van der Waals surface area contributed by atoms with E-state index in [2.05, 4.69) is 18.0 Å². The number of benzene rings is 1. The quantitative estimate of drug-likeness (QED) is 0.648. The van der Waals surface area contributed by atoms with Gasteiger partial charge in [0.1, 0.15) is 12.4 Å². The first-order valence-corrected chi connectivity index (χ1v) is 7.17. The predicted molar refractivity (Wildman–Crippen MR) is 77.7 cm³/mol. The highest BCUT2D eigenvalue weighted by Crippen LogP contribution is 2.28. The van der Waals surface area contributed by atoms with Gasteiger partial charge in [0.05, 0.1) is 18.2 Å². The largest absolute Gasteiger partial charge is 0.492 e. The van der Waals surface area contributed by atoms with Crippen molar-refractivity contribution >= 4 is 0 Å². The Kier molecular flexibility index (Phi) is 5.85. The standard InChI is InChI=1S/C16H22N2O2/c1-18(7-9-19-13-14-5-6-14)8-10-20-16-4-2-3-15(11-16)12-17/h2-4,11,14H,5-10,13H2,1H3. The maximum atomic E-state index is 8.81. The van der Waals surface area contributed by atoms with Crippen molar-refractivity contribution in [2.75, 3.05) is 40.0 Å². The fourth-order valence-corrected chi connectivity index (χ4v) is 1.84. The molecule has 1 fully saturated rings. The SMILES string of the molecule is CN(CCOCC1CC1)CCOc1cccc(C#N)c1. The average Bonchev–Trinajstić information content (AvgIpc) is 3.28. The second-order valence-electron chi connectivity index (χ2n) is 5.31. The Morgan fingerprint density at radius 2 is 2.10 bits per heavy atom. The molecule has 0 spiro atoms. The number of hydrogen-bond acceptors (Lipinski definition) is 4. The van der Waals surface area contributed by atoms with Crippen molar-refractivity contribution in [3.63, 3.8) is 0 Å². The minimum absolute atomic E-state index is 0.619. The Balaban J connectivity index is 1.55. The minimum Gasteiger partial charge on any atom is -0.492 e. The molecule has 1 aromatic rings. The first kappa shape index (κ1) is 14.8. The maximum Gasteiger partial charge on any atom is 0.120 e. The maximum absolute atomic E-state index is 8.81. The molecule has 1 aromatic carbocycles. The molecule has 0 saturated heterocycles. The summed E-state index contributed by atoms with van der Waals surface area (Å²) in [7, 11) is 2.07. The van der Waals surface area contributed by atoms with E-state index >= 15 is 0 Å². The highest BCUT2D eigenvalue weighted by Gasteiger charge is 2.20. The Morgan fingerprint density at radius 1 is 1.30 bits per heavy atom. The first-order chi connectivity index (χ1) is 9.78. The van der Waals surface area contributed by atoms with Crippen molar-refractivity contribution in [1.82, 2.24) is 4.90 Å². The molecule has 4 nitrogen and oxygen atoms in total. The molecule has 1 aliphatic rings. The van der Waals surface area contributed by atoms with Crippen LogP contribution in [-0.2, 0) is 4.74 Å². The van der Waals surface area contributed by atoms with Gasteiger partial charge in [0.2, 0.25) is 0 Å². The van der Waals surface area contributed by atoms with Crippen LogP contribution in [0.3, 0.4) is 0 Å². The van der Waals surface area contributed by atoms with E-state index in [0.717, 1.165) is 38.0 Å². The van der Waals surface area contributed by atoms with Crippen LogP contribution in [0.15, 0.2) is 24.3 Å². The van der Waals surface area contributed by atoms with Crippen LogP contribution in [-0.4, -0.2) is 44.9 Å². The van der Waals surface area contributed by atoms with Gasteiger partial charge in [-0.1, -0.05) is 6.07 Å². The summed E-state index contributed by atoms with van der Waals surface area (Å²) in [4.78, 5) is 2.20. The van der Waals surface area contributed by atoms with Crippen LogP contribution < -0.4 is 4.74 Å². The molecule has 4 heteroatoms. The molecule has 108 valence electrons. The summed E-state index contributed by atoms with van der Waals surface area (Å²) in [5.74, 6) is 1.58. The Hall–Kier alpha value is -1.57. The molecule has 1 aliphatic carbocycles. The highest BCUT2D eigenvalue weighted by atomic mass is 16.5. The van der Waals surface area contributed by atoms with E-state index in [0.29, 0.717) is 12.2 Å². The van der Waals surface area contributed by atoms with Crippen molar-refractivity contribution in [3.8, 4) is 11.8 Å². The summed E-state index contributed by atoms with van der Waals surface area (Å²) in [6, 6.07) is 9.36. The third-order valence-corrected chi connectivity index (χ3v) is 3.37. The smallest absolute Gasteiger partial charge is 0.120 e. The van der Waals surface area contributed by atoms with Crippen LogP contribution in [0.25, 0.3) is 0 Å². The van der Waals surface area contributed by atoms with Gasteiger partial charge in [0, 0.05) is 19.7 Å². The zero-order valence-corrected chi connectivity index (χ0v) is 12.0. The lowest BCUT2D eigenvalue weighted by molar-refractivity contribution is 0.0992. The molecule has 0 bridgehead atoms. The molecule has 0 aliphatic heterocycles. The lowest BCUT2D eigenvalue weighted by Gasteiger charge is -2.17. The van der Waals surface area contributed by atoms with E-state index in [9.17, 15) is 0 Å². The lowest BCUT2D eigenvalue weighted by atomic mass is 10.2. The zero-order valence-electron chi connectivity index (χ0n) is 12.0. The second kappa shape index (κ2) is 7.88.